The van der Waals surface area contributed by atoms with E-state index in [1.807, 2.05) is 152 Å². The molecule has 6 rings (SSSR count). The Bertz CT molecular complexity index is 2280. The fraction of sp³-hybridized carbons (Fsp3) is 0.291. The second kappa shape index (κ2) is 52.9. The topological polar surface area (TPSA) is 210 Å². The number of para-hydroxylation sites is 2. The van der Waals surface area contributed by atoms with Gasteiger partial charge in [0.2, 0.25) is 0 Å². The summed E-state index contributed by atoms with van der Waals surface area (Å²) in [6.07, 6.45) is 0. The molecule has 16 heteroatoms. The van der Waals surface area contributed by atoms with E-state index in [2.05, 4.69) is 46.4 Å². The van der Waals surface area contributed by atoms with Gasteiger partial charge in [0.1, 0.15) is 29.5 Å². The van der Waals surface area contributed by atoms with Crippen LogP contribution in [-0.4, -0.2) is 38.2 Å². The minimum atomic E-state index is -1.10. The molecule has 0 saturated heterocycles. The molecule has 0 aliphatic carbocycles. The van der Waals surface area contributed by atoms with Crippen LogP contribution in [0.1, 0.15) is 131 Å². The molecule has 0 aromatic heterocycles. The summed E-state index contributed by atoms with van der Waals surface area (Å²) in [5, 5.41) is 62.3. The number of amidine groups is 2. The van der Waals surface area contributed by atoms with E-state index in [1.54, 1.807) is 84.9 Å². The van der Waals surface area contributed by atoms with Gasteiger partial charge in [-0.25, -0.2) is 9.68 Å². The van der Waals surface area contributed by atoms with Gasteiger partial charge in [0.05, 0.1) is 5.56 Å². The zero-order valence-electron chi connectivity index (χ0n) is 43.0. The van der Waals surface area contributed by atoms with E-state index in [0.29, 0.717) is 22.5 Å². The SMILES string of the molecule is C.CC.CC.CC.CC.CC.CC.CC.O=C(O)c1ccccc1N=NC(=N[N-]c1ccccc1O)c1ccccc1.OOCc1ccccc1[N-]N=C(N=Nc1ccccc1O)c1ccccc1.[Cu+].[Cu+]. The molecular weight excluding hydrogens is 996 g/mol. The summed E-state index contributed by atoms with van der Waals surface area (Å²) in [6.45, 7) is 28.0. The van der Waals surface area contributed by atoms with Gasteiger partial charge in [-0.3, -0.25) is 5.26 Å². The Kier molecular flexibility index (Phi) is 56.6. The molecule has 71 heavy (non-hydrogen) atoms. The minimum Gasteiger partial charge on any atom is -0.573 e. The van der Waals surface area contributed by atoms with Gasteiger partial charge in [-0.15, -0.1) is 26.1 Å². The predicted octanol–water partition coefficient (Wildman–Crippen LogP) is 18.6. The number of phenols is 2. The second-order valence-corrected chi connectivity index (χ2v) is 10.9. The third-order valence-corrected chi connectivity index (χ3v) is 7.18. The summed E-state index contributed by atoms with van der Waals surface area (Å²) in [6, 6.07) is 44.9. The van der Waals surface area contributed by atoms with Crippen molar-refractivity contribution in [2.45, 2.75) is 111 Å². The number of hydrogen-bond donors (Lipinski definition) is 4. The number of phenolic OH excluding ortho intramolecular Hbond substituents is 2. The Morgan fingerprint density at radius 3 is 1.25 bits per heavy atom. The number of azo groups is 2. The van der Waals surface area contributed by atoms with Crippen molar-refractivity contribution in [3.8, 4) is 11.5 Å². The summed E-state index contributed by atoms with van der Waals surface area (Å²) in [5.74, 6) is -0.628. The van der Waals surface area contributed by atoms with Crippen LogP contribution in [0.2, 0.25) is 0 Å². The minimum absolute atomic E-state index is 0. The molecule has 0 amide bonds. The molecule has 0 aliphatic heterocycles. The van der Waals surface area contributed by atoms with Crippen LogP contribution >= 0.6 is 0 Å². The van der Waals surface area contributed by atoms with E-state index in [-0.39, 0.29) is 88.3 Å². The van der Waals surface area contributed by atoms with Gasteiger partial charge in [-0.2, -0.15) is 0 Å². The molecule has 0 aliphatic rings. The second-order valence-electron chi connectivity index (χ2n) is 10.9. The average molecular weight is 1070 g/mol. The molecule has 14 nitrogen and oxygen atoms in total. The van der Waals surface area contributed by atoms with E-state index in [9.17, 15) is 20.1 Å². The van der Waals surface area contributed by atoms with E-state index >= 15 is 0 Å². The number of aromatic hydroxyl groups is 2. The largest absolute Gasteiger partial charge is 1.00 e. The van der Waals surface area contributed by atoms with Crippen LogP contribution in [0.3, 0.4) is 0 Å². The number of carboxylic acids is 1. The fourth-order valence-corrected chi connectivity index (χ4v) is 4.49. The fourth-order valence-electron chi connectivity index (χ4n) is 4.49. The Labute approximate surface area is 446 Å². The Morgan fingerprint density at radius 1 is 0.465 bits per heavy atom. The van der Waals surface area contributed by atoms with Crippen LogP contribution in [0.5, 0.6) is 11.5 Å². The van der Waals surface area contributed by atoms with Crippen molar-refractivity contribution in [2.75, 3.05) is 0 Å². The number of rotatable bonds is 11. The molecule has 4 N–H and O–H groups in total. The van der Waals surface area contributed by atoms with E-state index in [0.717, 1.165) is 5.56 Å². The van der Waals surface area contributed by atoms with Crippen LogP contribution in [-0.2, 0) is 45.6 Å². The Hall–Kier alpha value is -6.51. The first kappa shape index (κ1) is 76.0. The molecule has 0 spiro atoms. The standard InChI is InChI=1S/C20H17N4O3.C20H16N4O3.7C2H6.CH4.2Cu/c25-19-13-7-6-12-18(19)22-24-20(15-8-2-1-3-9-15)23-21-17-11-5-4-10-16(17)14-27-26;25-18-13-7-6-12-17(18)22-24-19(14-8-2-1-3-9-14)23-21-16-11-5-4-10-15(16)20(26)27;7*1-2;;;/h1-13H,14H2,(H2-,21,22,23,24,25,26);1-13H,(H3,21,22,23,24,25,26,27);7*1-2H3;1H4;;/q-1;;;;;;;;;;2*+1/p-1. The van der Waals surface area contributed by atoms with Crippen LogP contribution in [0.25, 0.3) is 10.9 Å². The molecule has 396 valence electrons. The first-order chi connectivity index (χ1) is 33.4. The van der Waals surface area contributed by atoms with Crippen molar-refractivity contribution in [1.29, 1.82) is 0 Å². The number of carbonyl (C=O) groups is 1. The molecule has 6 aromatic rings. The maximum atomic E-state index is 11.3. The van der Waals surface area contributed by atoms with Crippen molar-refractivity contribution >= 4 is 40.4 Å². The van der Waals surface area contributed by atoms with Crippen molar-refractivity contribution < 1.29 is 64.4 Å². The first-order valence-corrected chi connectivity index (χ1v) is 23.2. The summed E-state index contributed by atoms with van der Waals surface area (Å²) in [4.78, 5) is 15.5. The first-order valence-electron chi connectivity index (χ1n) is 23.2. The van der Waals surface area contributed by atoms with E-state index in [1.165, 1.54) is 18.2 Å². The number of nitrogens with zero attached hydrogens (tertiary/aromatic N) is 8. The van der Waals surface area contributed by atoms with Gasteiger partial charge in [0.15, 0.2) is 11.7 Å². The third kappa shape index (κ3) is 30.7. The maximum Gasteiger partial charge on any atom is 1.00 e. The molecule has 0 unspecified atom stereocenters. The Morgan fingerprint density at radius 2 is 0.817 bits per heavy atom. The van der Waals surface area contributed by atoms with Gasteiger partial charge < -0.3 is 36.4 Å². The van der Waals surface area contributed by atoms with Gasteiger partial charge in [0, 0.05) is 11.1 Å². The van der Waals surface area contributed by atoms with Crippen molar-refractivity contribution in [1.82, 2.24) is 0 Å². The molecule has 0 atom stereocenters. The van der Waals surface area contributed by atoms with Crippen LogP contribution in [0.15, 0.2) is 188 Å². The predicted molar refractivity (Wildman–Crippen MR) is 291 cm³/mol. The van der Waals surface area contributed by atoms with Crippen molar-refractivity contribution in [2.24, 2.45) is 30.7 Å². The number of benzene rings is 6. The summed E-state index contributed by atoms with van der Waals surface area (Å²) < 4.78 is 0. The molecule has 0 heterocycles. The molecule has 0 saturated carbocycles. The van der Waals surface area contributed by atoms with E-state index < -0.39 is 5.97 Å². The van der Waals surface area contributed by atoms with Gasteiger partial charge in [0.25, 0.3) is 0 Å². The van der Waals surface area contributed by atoms with Gasteiger partial charge in [-0.05, 0) is 35.9 Å². The average Bonchev–Trinajstić information content (AvgIpc) is 3.42. The van der Waals surface area contributed by atoms with Gasteiger partial charge >= 0.3 is 40.1 Å². The van der Waals surface area contributed by atoms with Crippen molar-refractivity contribution in [3.05, 3.63) is 191 Å². The normalized spacial score (nSPS) is 9.39. The summed E-state index contributed by atoms with van der Waals surface area (Å²) in [5.41, 5.74) is 11.7. The van der Waals surface area contributed by atoms with Crippen LogP contribution < -0.4 is 0 Å². The van der Waals surface area contributed by atoms with Crippen LogP contribution in [0, 0.1) is 0 Å². The summed E-state index contributed by atoms with van der Waals surface area (Å²) in [7, 11) is 0. The zero-order chi connectivity index (χ0) is 52.0. The molecular formula is C55H78Cu2N8O6. The smallest absolute Gasteiger partial charge is 0.573 e. The number of aromatic carboxylic acids is 1. The summed E-state index contributed by atoms with van der Waals surface area (Å²) >= 11 is 0. The molecule has 6 aromatic carbocycles. The molecule has 0 radical (unpaired) electrons. The monoisotopic (exact) mass is 1070 g/mol. The van der Waals surface area contributed by atoms with Crippen LogP contribution in [0.4, 0.5) is 22.7 Å². The van der Waals surface area contributed by atoms with Gasteiger partial charge in [-0.1, -0.05) is 237 Å². The molecule has 0 bridgehead atoms. The van der Waals surface area contributed by atoms with Crippen molar-refractivity contribution in [3.63, 3.8) is 0 Å². The third-order valence-electron chi connectivity index (χ3n) is 7.18. The Balaban J connectivity index is -0.000000231. The van der Waals surface area contributed by atoms with E-state index in [4.69, 9.17) is 5.26 Å². The molecule has 0 fully saturated rings. The number of carboxylic acid groups (broad SMARTS) is 1. The zero-order valence-corrected chi connectivity index (χ0v) is 44.9. The quantitative estimate of drug-likeness (QED) is 0.0247. The number of hydrogen-bond acceptors (Lipinski definition) is 9. The maximum absolute atomic E-state index is 11.3.